The van der Waals surface area contributed by atoms with Gasteiger partial charge in [-0.15, -0.1) is 0 Å². The zero-order chi connectivity index (χ0) is 19.4. The van der Waals surface area contributed by atoms with Gasteiger partial charge in [0.05, 0.1) is 23.1 Å². The molecule has 2 aromatic carbocycles. The van der Waals surface area contributed by atoms with E-state index in [-0.39, 0.29) is 18.9 Å². The topological polar surface area (TPSA) is 59.0 Å². The molecule has 2 N–H and O–H groups in total. The first-order valence-electron chi connectivity index (χ1n) is 8.44. The highest BCUT2D eigenvalue weighted by Crippen LogP contribution is 2.30. The van der Waals surface area contributed by atoms with Gasteiger partial charge in [0.1, 0.15) is 0 Å². The number of halogens is 3. The van der Waals surface area contributed by atoms with Crippen molar-refractivity contribution in [1.29, 1.82) is 0 Å². The number of nitrogens with one attached hydrogen (secondary N) is 2. The maximum Gasteiger partial charge on any atom is 0.416 e. The fourth-order valence-electron chi connectivity index (χ4n) is 2.79. The van der Waals surface area contributed by atoms with E-state index in [0.717, 1.165) is 17.6 Å². The molecule has 8 heteroatoms. The van der Waals surface area contributed by atoms with Crippen LogP contribution in [0.4, 0.5) is 19.1 Å². The van der Waals surface area contributed by atoms with Gasteiger partial charge in [-0.1, -0.05) is 24.3 Å². The molecule has 0 spiro atoms. The number of fused-ring (bicyclic) bond motifs is 1. The van der Waals surface area contributed by atoms with Gasteiger partial charge in [0.25, 0.3) is 0 Å². The Morgan fingerprint density at radius 2 is 1.93 bits per heavy atom. The van der Waals surface area contributed by atoms with Crippen LogP contribution >= 0.6 is 0 Å². The van der Waals surface area contributed by atoms with Crippen LogP contribution in [0.2, 0.25) is 0 Å². The molecule has 0 atom stereocenters. The van der Waals surface area contributed by atoms with Gasteiger partial charge in [-0.2, -0.15) is 13.2 Å². The molecule has 5 nitrogen and oxygen atoms in total. The summed E-state index contributed by atoms with van der Waals surface area (Å²) < 4.78 is 40.7. The normalized spacial score (nSPS) is 11.7. The number of carbonyl (C=O) groups is 1. The third-order valence-corrected chi connectivity index (χ3v) is 4.10. The van der Waals surface area contributed by atoms with E-state index in [0.29, 0.717) is 23.6 Å². The van der Waals surface area contributed by atoms with Crippen LogP contribution in [0.1, 0.15) is 17.5 Å². The summed E-state index contributed by atoms with van der Waals surface area (Å²) in [7, 11) is 1.75. The Hall–Kier alpha value is -2.87. The van der Waals surface area contributed by atoms with E-state index in [1.807, 2.05) is 18.2 Å². The highest BCUT2D eigenvalue weighted by Gasteiger charge is 2.30. The summed E-state index contributed by atoms with van der Waals surface area (Å²) in [5.41, 5.74) is 1.16. The van der Waals surface area contributed by atoms with Crippen LogP contribution in [0.25, 0.3) is 11.0 Å². The van der Waals surface area contributed by atoms with Gasteiger partial charge in [0.2, 0.25) is 11.9 Å². The molecule has 0 saturated carbocycles. The van der Waals surface area contributed by atoms with Gasteiger partial charge in [0.15, 0.2) is 0 Å². The number of nitrogens with zero attached hydrogens (tertiary/aromatic N) is 2. The summed E-state index contributed by atoms with van der Waals surface area (Å²) in [5, 5.41) is 5.64. The molecule has 3 rings (SSSR count). The van der Waals surface area contributed by atoms with Crippen molar-refractivity contribution in [3.63, 3.8) is 0 Å². The number of benzene rings is 2. The maximum absolute atomic E-state index is 13.0. The Balaban J connectivity index is 1.95. The predicted molar refractivity (Wildman–Crippen MR) is 97.5 cm³/mol. The number of aromatic nitrogens is 2. The standard InChI is InChI=1S/C19H19F3N4O/c1-23-10-9-17(27)25-18-24-15-7-2-3-8-16(15)26(18)12-13-5-4-6-14(11-13)19(20,21)22/h2-8,11,23H,9-10,12H2,1H3,(H,24,25,27). The second-order valence-electron chi connectivity index (χ2n) is 6.11. The average molecular weight is 376 g/mol. The van der Waals surface area contributed by atoms with E-state index in [9.17, 15) is 18.0 Å². The van der Waals surface area contributed by atoms with Crippen LogP contribution in [-0.4, -0.2) is 29.1 Å². The average Bonchev–Trinajstić information content (AvgIpc) is 2.97. The molecule has 0 saturated heterocycles. The van der Waals surface area contributed by atoms with Crippen LogP contribution < -0.4 is 10.6 Å². The summed E-state index contributed by atoms with van der Waals surface area (Å²) in [6.45, 7) is 0.672. The van der Waals surface area contributed by atoms with Crippen LogP contribution in [0.3, 0.4) is 0 Å². The molecule has 3 aromatic rings. The predicted octanol–water partition coefficient (Wildman–Crippen LogP) is 3.65. The quantitative estimate of drug-likeness (QED) is 0.690. The van der Waals surface area contributed by atoms with Crippen molar-refractivity contribution in [2.75, 3.05) is 18.9 Å². The molecule has 1 aromatic heterocycles. The van der Waals surface area contributed by atoms with Crippen molar-refractivity contribution < 1.29 is 18.0 Å². The lowest BCUT2D eigenvalue weighted by Crippen LogP contribution is -2.21. The van der Waals surface area contributed by atoms with Crippen LogP contribution in [-0.2, 0) is 17.5 Å². The fourth-order valence-corrected chi connectivity index (χ4v) is 2.79. The first-order valence-corrected chi connectivity index (χ1v) is 8.44. The monoisotopic (exact) mass is 376 g/mol. The number of imidazole rings is 1. The van der Waals surface area contributed by atoms with Crippen molar-refractivity contribution in [3.05, 3.63) is 59.7 Å². The SMILES string of the molecule is CNCCC(=O)Nc1nc2ccccc2n1Cc1cccc(C(F)(F)F)c1. The van der Waals surface area contributed by atoms with Gasteiger partial charge in [-0.25, -0.2) is 4.98 Å². The number of anilines is 1. The molecule has 142 valence electrons. The summed E-state index contributed by atoms with van der Waals surface area (Å²) in [6.07, 6.45) is -4.14. The zero-order valence-corrected chi connectivity index (χ0v) is 14.7. The van der Waals surface area contributed by atoms with Crippen molar-refractivity contribution >= 4 is 22.9 Å². The first-order chi connectivity index (χ1) is 12.9. The molecular weight excluding hydrogens is 357 g/mol. The molecular formula is C19H19F3N4O. The zero-order valence-electron chi connectivity index (χ0n) is 14.7. The van der Waals surface area contributed by atoms with Gasteiger partial charge in [0, 0.05) is 13.0 Å². The number of amides is 1. The summed E-state index contributed by atoms with van der Waals surface area (Å²) in [6, 6.07) is 12.4. The first kappa shape index (κ1) is 18.9. The van der Waals surface area contributed by atoms with Gasteiger partial charge in [-0.05, 0) is 36.9 Å². The Kier molecular flexibility index (Phi) is 5.46. The Labute approximate surface area is 154 Å². The van der Waals surface area contributed by atoms with Crippen LogP contribution in [0, 0.1) is 0 Å². The third kappa shape index (κ3) is 4.46. The molecule has 1 amide bonds. The Morgan fingerprint density at radius 1 is 1.15 bits per heavy atom. The number of hydrogen-bond donors (Lipinski definition) is 2. The molecule has 0 fully saturated rings. The molecule has 0 aliphatic rings. The fraction of sp³-hybridized carbons (Fsp3) is 0.263. The Bertz CT molecular complexity index is 950. The minimum Gasteiger partial charge on any atom is -0.319 e. The summed E-state index contributed by atoms with van der Waals surface area (Å²) in [5.74, 6) is 0.0969. The van der Waals surface area contributed by atoms with Crippen molar-refractivity contribution in [1.82, 2.24) is 14.9 Å². The van der Waals surface area contributed by atoms with Crippen LogP contribution in [0.15, 0.2) is 48.5 Å². The maximum atomic E-state index is 13.0. The third-order valence-electron chi connectivity index (χ3n) is 4.10. The highest BCUT2D eigenvalue weighted by atomic mass is 19.4. The molecule has 1 heterocycles. The largest absolute Gasteiger partial charge is 0.416 e. The van der Waals surface area contributed by atoms with E-state index < -0.39 is 11.7 Å². The van der Waals surface area contributed by atoms with Crippen molar-refractivity contribution in [3.8, 4) is 0 Å². The van der Waals surface area contributed by atoms with E-state index in [2.05, 4.69) is 15.6 Å². The summed E-state index contributed by atoms with van der Waals surface area (Å²) in [4.78, 5) is 16.5. The molecule has 0 aliphatic heterocycles. The second-order valence-corrected chi connectivity index (χ2v) is 6.11. The van der Waals surface area contributed by atoms with Gasteiger partial charge in [-0.3, -0.25) is 10.1 Å². The lowest BCUT2D eigenvalue weighted by atomic mass is 10.1. The number of alkyl halides is 3. The Morgan fingerprint density at radius 3 is 2.67 bits per heavy atom. The summed E-state index contributed by atoms with van der Waals surface area (Å²) >= 11 is 0. The lowest BCUT2D eigenvalue weighted by Gasteiger charge is -2.12. The highest BCUT2D eigenvalue weighted by molar-refractivity contribution is 5.91. The molecule has 0 unspecified atom stereocenters. The smallest absolute Gasteiger partial charge is 0.319 e. The second kappa shape index (κ2) is 7.79. The van der Waals surface area contributed by atoms with Gasteiger partial charge >= 0.3 is 6.18 Å². The lowest BCUT2D eigenvalue weighted by molar-refractivity contribution is -0.137. The number of carbonyl (C=O) groups excluding carboxylic acids is 1. The van der Waals surface area contributed by atoms with E-state index in [1.54, 1.807) is 23.7 Å². The number of para-hydroxylation sites is 2. The van der Waals surface area contributed by atoms with Crippen molar-refractivity contribution in [2.24, 2.45) is 0 Å². The van der Waals surface area contributed by atoms with Gasteiger partial charge < -0.3 is 9.88 Å². The van der Waals surface area contributed by atoms with E-state index in [1.165, 1.54) is 6.07 Å². The minimum atomic E-state index is -4.41. The molecule has 27 heavy (non-hydrogen) atoms. The number of hydrogen-bond acceptors (Lipinski definition) is 3. The van der Waals surface area contributed by atoms with Crippen molar-refractivity contribution in [2.45, 2.75) is 19.1 Å². The molecule has 0 aliphatic carbocycles. The molecule has 0 radical (unpaired) electrons. The number of rotatable bonds is 6. The molecule has 0 bridgehead atoms. The minimum absolute atomic E-state index is 0.159. The van der Waals surface area contributed by atoms with Crippen LogP contribution in [0.5, 0.6) is 0 Å². The van der Waals surface area contributed by atoms with E-state index in [4.69, 9.17) is 0 Å². The van der Waals surface area contributed by atoms with E-state index >= 15 is 0 Å².